The van der Waals surface area contributed by atoms with Gasteiger partial charge in [0.1, 0.15) is 12.0 Å². The van der Waals surface area contributed by atoms with Crippen LogP contribution in [-0.4, -0.2) is 24.6 Å². The van der Waals surface area contributed by atoms with Gasteiger partial charge < -0.3 is 11.1 Å². The molecule has 1 aromatic heterocycles. The summed E-state index contributed by atoms with van der Waals surface area (Å²) in [6.07, 6.45) is 2.42. The average molecular weight is 378 g/mol. The maximum Gasteiger partial charge on any atom is 0.176 e. The summed E-state index contributed by atoms with van der Waals surface area (Å²) >= 11 is 9.01. The first-order valence-electron chi connectivity index (χ1n) is 5.31. The second-order valence-corrected chi connectivity index (χ2v) is 7.17. The van der Waals surface area contributed by atoms with E-state index in [1.54, 1.807) is 12.1 Å². The van der Waals surface area contributed by atoms with E-state index in [-0.39, 0.29) is 15.7 Å². The summed E-state index contributed by atoms with van der Waals surface area (Å²) < 4.78 is 23.5. The van der Waals surface area contributed by atoms with E-state index in [4.69, 9.17) is 17.3 Å². The van der Waals surface area contributed by atoms with Gasteiger partial charge in [-0.3, -0.25) is 0 Å². The molecule has 20 heavy (non-hydrogen) atoms. The summed E-state index contributed by atoms with van der Waals surface area (Å²) in [6, 6.07) is 4.71. The maximum absolute atomic E-state index is 11.5. The van der Waals surface area contributed by atoms with Crippen molar-refractivity contribution in [2.45, 2.75) is 4.90 Å². The number of nitrogens with zero attached hydrogens (tertiary/aromatic N) is 2. The Hall–Kier alpha value is -1.38. The van der Waals surface area contributed by atoms with Crippen molar-refractivity contribution in [1.82, 2.24) is 9.97 Å². The highest BCUT2D eigenvalue weighted by Gasteiger charge is 2.13. The summed E-state index contributed by atoms with van der Waals surface area (Å²) in [6.45, 7) is 0. The Bertz CT molecular complexity index is 767. The molecule has 0 aliphatic carbocycles. The van der Waals surface area contributed by atoms with Crippen molar-refractivity contribution in [3.05, 3.63) is 34.2 Å². The fourth-order valence-corrected chi connectivity index (χ4v) is 3.61. The third kappa shape index (κ3) is 3.20. The number of hydrogen-bond donors (Lipinski definition) is 2. The molecular formula is C11H10BrClN4O2S. The van der Waals surface area contributed by atoms with Crippen LogP contribution in [-0.2, 0) is 9.84 Å². The number of nitrogens with one attached hydrogen (secondary N) is 1. The average Bonchev–Trinajstić information content (AvgIpc) is 2.33. The standard InChI is InChI=1S/C11H10BrClN4O2S/c1-20(18,19)8-3-2-6(4-7(8)12)17-11-9(14)10(13)15-5-16-11/h2-5H,14H2,1H3,(H,15,16,17). The number of sulfone groups is 1. The molecule has 0 spiro atoms. The molecular weight excluding hydrogens is 368 g/mol. The van der Waals surface area contributed by atoms with Crippen molar-refractivity contribution in [2.75, 3.05) is 17.3 Å². The lowest BCUT2D eigenvalue weighted by Crippen LogP contribution is -2.02. The fraction of sp³-hybridized carbons (Fsp3) is 0.0909. The van der Waals surface area contributed by atoms with Crippen LogP contribution in [0.2, 0.25) is 5.15 Å². The Balaban J connectivity index is 2.36. The lowest BCUT2D eigenvalue weighted by Gasteiger charge is -2.10. The normalized spacial score (nSPS) is 11.3. The van der Waals surface area contributed by atoms with Gasteiger partial charge in [0, 0.05) is 16.4 Å². The van der Waals surface area contributed by atoms with Gasteiger partial charge in [0.15, 0.2) is 20.8 Å². The van der Waals surface area contributed by atoms with E-state index >= 15 is 0 Å². The van der Waals surface area contributed by atoms with Gasteiger partial charge in [0.2, 0.25) is 0 Å². The number of anilines is 3. The lowest BCUT2D eigenvalue weighted by atomic mass is 10.3. The largest absolute Gasteiger partial charge is 0.393 e. The van der Waals surface area contributed by atoms with Gasteiger partial charge in [-0.1, -0.05) is 11.6 Å². The number of benzene rings is 1. The van der Waals surface area contributed by atoms with Crippen molar-refractivity contribution in [2.24, 2.45) is 0 Å². The van der Waals surface area contributed by atoms with Gasteiger partial charge in [0.25, 0.3) is 0 Å². The first-order valence-corrected chi connectivity index (χ1v) is 8.38. The molecule has 0 bridgehead atoms. The Labute approximate surface area is 129 Å². The van der Waals surface area contributed by atoms with Gasteiger partial charge in [-0.25, -0.2) is 18.4 Å². The molecule has 2 rings (SSSR count). The van der Waals surface area contributed by atoms with E-state index < -0.39 is 9.84 Å². The van der Waals surface area contributed by atoms with Gasteiger partial charge in [-0.2, -0.15) is 0 Å². The molecule has 6 nitrogen and oxygen atoms in total. The number of rotatable bonds is 3. The quantitative estimate of drug-likeness (QED) is 0.798. The monoisotopic (exact) mass is 376 g/mol. The van der Waals surface area contributed by atoms with Crippen molar-refractivity contribution in [3.8, 4) is 0 Å². The highest BCUT2D eigenvalue weighted by Crippen LogP contribution is 2.29. The molecule has 0 unspecified atom stereocenters. The van der Waals surface area contributed by atoms with E-state index in [9.17, 15) is 8.42 Å². The van der Waals surface area contributed by atoms with Crippen molar-refractivity contribution in [1.29, 1.82) is 0 Å². The highest BCUT2D eigenvalue weighted by molar-refractivity contribution is 9.10. The third-order valence-electron chi connectivity index (χ3n) is 2.43. The van der Waals surface area contributed by atoms with Gasteiger partial charge in [-0.05, 0) is 34.1 Å². The Morgan fingerprint density at radius 3 is 2.65 bits per heavy atom. The van der Waals surface area contributed by atoms with Crippen molar-refractivity contribution < 1.29 is 8.42 Å². The molecule has 0 atom stereocenters. The molecule has 3 N–H and O–H groups in total. The number of nitrogens with two attached hydrogens (primary N) is 1. The van der Waals surface area contributed by atoms with Crippen LogP contribution >= 0.6 is 27.5 Å². The van der Waals surface area contributed by atoms with Crippen molar-refractivity contribution in [3.63, 3.8) is 0 Å². The number of hydrogen-bond acceptors (Lipinski definition) is 6. The second kappa shape index (κ2) is 5.55. The topological polar surface area (TPSA) is 98.0 Å². The molecule has 1 heterocycles. The Morgan fingerprint density at radius 1 is 1.35 bits per heavy atom. The van der Waals surface area contributed by atoms with Crippen molar-refractivity contribution >= 4 is 54.6 Å². The molecule has 0 aliphatic heterocycles. The first kappa shape index (κ1) is 15.0. The smallest absolute Gasteiger partial charge is 0.176 e. The predicted molar refractivity (Wildman–Crippen MR) is 82.0 cm³/mol. The van der Waals surface area contributed by atoms with Crippen LogP contribution in [0.3, 0.4) is 0 Å². The molecule has 0 aliphatic rings. The van der Waals surface area contributed by atoms with E-state index in [0.717, 1.165) is 6.26 Å². The van der Waals surface area contributed by atoms with Crippen LogP contribution in [0.25, 0.3) is 0 Å². The van der Waals surface area contributed by atoms with E-state index in [1.807, 2.05) is 0 Å². The molecule has 0 radical (unpaired) electrons. The number of aromatic nitrogens is 2. The Kier molecular flexibility index (Phi) is 4.17. The van der Waals surface area contributed by atoms with Crippen LogP contribution in [0.4, 0.5) is 17.2 Å². The minimum Gasteiger partial charge on any atom is -0.393 e. The van der Waals surface area contributed by atoms with Crippen LogP contribution < -0.4 is 11.1 Å². The molecule has 0 fully saturated rings. The molecule has 2 aromatic rings. The van der Waals surface area contributed by atoms with Crippen LogP contribution in [0, 0.1) is 0 Å². The number of nitrogen functional groups attached to an aromatic ring is 1. The van der Waals surface area contributed by atoms with Crippen LogP contribution in [0.15, 0.2) is 33.9 Å². The zero-order valence-electron chi connectivity index (χ0n) is 10.3. The predicted octanol–water partition coefficient (Wildman–Crippen LogP) is 2.62. The van der Waals surface area contributed by atoms with E-state index in [2.05, 4.69) is 31.2 Å². The van der Waals surface area contributed by atoms with E-state index in [0.29, 0.717) is 16.0 Å². The summed E-state index contributed by atoms with van der Waals surface area (Å²) in [4.78, 5) is 7.92. The molecule has 0 saturated carbocycles. The van der Waals surface area contributed by atoms with E-state index in [1.165, 1.54) is 12.4 Å². The summed E-state index contributed by atoms with van der Waals surface area (Å²) in [5.41, 5.74) is 6.58. The summed E-state index contributed by atoms with van der Waals surface area (Å²) in [7, 11) is -3.28. The minimum atomic E-state index is -3.28. The molecule has 9 heteroatoms. The van der Waals surface area contributed by atoms with Crippen LogP contribution in [0.1, 0.15) is 0 Å². The lowest BCUT2D eigenvalue weighted by molar-refractivity contribution is 0.601. The zero-order valence-corrected chi connectivity index (χ0v) is 13.4. The molecule has 0 amide bonds. The van der Waals surface area contributed by atoms with Crippen LogP contribution in [0.5, 0.6) is 0 Å². The second-order valence-electron chi connectivity index (χ2n) is 3.97. The fourth-order valence-electron chi connectivity index (χ4n) is 1.49. The maximum atomic E-state index is 11.5. The number of halogens is 2. The molecule has 1 aromatic carbocycles. The van der Waals surface area contributed by atoms with Gasteiger partial charge in [0.05, 0.1) is 4.90 Å². The molecule has 106 valence electrons. The third-order valence-corrected chi connectivity index (χ3v) is 4.80. The summed E-state index contributed by atoms with van der Waals surface area (Å²) in [5.74, 6) is 0.351. The minimum absolute atomic E-state index is 0.148. The Morgan fingerprint density at radius 2 is 2.05 bits per heavy atom. The molecule has 0 saturated heterocycles. The summed E-state index contributed by atoms with van der Waals surface area (Å²) in [5, 5.41) is 3.09. The SMILES string of the molecule is CS(=O)(=O)c1ccc(Nc2ncnc(Cl)c2N)cc1Br. The first-order chi connectivity index (χ1) is 9.29. The van der Waals surface area contributed by atoms with Gasteiger partial charge in [-0.15, -0.1) is 0 Å². The van der Waals surface area contributed by atoms with Gasteiger partial charge >= 0.3 is 0 Å². The highest BCUT2D eigenvalue weighted by atomic mass is 79.9. The zero-order chi connectivity index (χ0) is 14.9.